The molecule has 2 amide bonds. The van der Waals surface area contributed by atoms with Gasteiger partial charge in [0, 0.05) is 37.5 Å². The Morgan fingerprint density at radius 3 is 2.69 bits per heavy atom. The summed E-state index contributed by atoms with van der Waals surface area (Å²) in [6.07, 6.45) is 1.56. The normalized spacial score (nSPS) is 10.4. The molecular weight excluding hydrogens is 373 g/mol. The summed E-state index contributed by atoms with van der Waals surface area (Å²) >= 11 is 0. The van der Waals surface area contributed by atoms with Gasteiger partial charge in [0.25, 0.3) is 0 Å². The van der Waals surface area contributed by atoms with Gasteiger partial charge in [0.1, 0.15) is 11.6 Å². The molecule has 0 atom stereocenters. The van der Waals surface area contributed by atoms with Gasteiger partial charge in [-0.3, -0.25) is 0 Å². The van der Waals surface area contributed by atoms with Crippen LogP contribution in [0.1, 0.15) is 11.1 Å². The number of pyridine rings is 1. The summed E-state index contributed by atoms with van der Waals surface area (Å²) < 4.78 is 19.1. The van der Waals surface area contributed by atoms with Crippen molar-refractivity contribution in [3.8, 4) is 11.6 Å². The van der Waals surface area contributed by atoms with E-state index in [0.717, 1.165) is 5.56 Å². The predicted octanol–water partition coefficient (Wildman–Crippen LogP) is 3.72. The van der Waals surface area contributed by atoms with Crippen molar-refractivity contribution in [2.24, 2.45) is 0 Å². The van der Waals surface area contributed by atoms with Gasteiger partial charge in [-0.2, -0.15) is 0 Å². The Morgan fingerprint density at radius 2 is 1.93 bits per heavy atom. The van der Waals surface area contributed by atoms with Crippen molar-refractivity contribution in [1.29, 1.82) is 0 Å². The Bertz CT molecular complexity index is 937. The zero-order valence-electron chi connectivity index (χ0n) is 15.8. The molecule has 29 heavy (non-hydrogen) atoms. The van der Waals surface area contributed by atoms with Crippen molar-refractivity contribution in [2.75, 3.05) is 13.2 Å². The summed E-state index contributed by atoms with van der Waals surface area (Å²) in [7, 11) is 0. The molecule has 0 aliphatic heterocycles. The second-order valence-electron chi connectivity index (χ2n) is 6.32. The van der Waals surface area contributed by atoms with Gasteiger partial charge in [-0.15, -0.1) is 0 Å². The number of aromatic nitrogens is 1. The van der Waals surface area contributed by atoms with E-state index < -0.39 is 5.82 Å². The molecule has 0 radical (unpaired) electrons. The maximum atomic E-state index is 13.4. The number of hydrogen-bond acceptors (Lipinski definition) is 4. The fraction of sp³-hybridized carbons (Fsp3) is 0.182. The number of aliphatic hydroxyl groups is 1. The van der Waals surface area contributed by atoms with E-state index in [4.69, 9.17) is 4.74 Å². The van der Waals surface area contributed by atoms with Crippen LogP contribution in [0.25, 0.3) is 0 Å². The second-order valence-corrected chi connectivity index (χ2v) is 6.32. The molecule has 0 spiro atoms. The number of halogens is 1. The Morgan fingerprint density at radius 1 is 1.10 bits per heavy atom. The lowest BCUT2D eigenvalue weighted by Gasteiger charge is -2.22. The summed E-state index contributed by atoms with van der Waals surface area (Å²) in [6.45, 7) is 0.627. The molecule has 150 valence electrons. The molecule has 2 aromatic carbocycles. The van der Waals surface area contributed by atoms with Crippen molar-refractivity contribution in [2.45, 2.75) is 13.1 Å². The third-order valence-electron chi connectivity index (χ3n) is 4.16. The van der Waals surface area contributed by atoms with E-state index in [9.17, 15) is 14.3 Å². The SMILES string of the molecule is O=C(NCc1cccnc1Oc1cccc(F)c1)N(CCO)Cc1ccccc1. The summed E-state index contributed by atoms with van der Waals surface area (Å²) in [5.41, 5.74) is 1.61. The van der Waals surface area contributed by atoms with Gasteiger partial charge in [-0.25, -0.2) is 14.2 Å². The summed E-state index contributed by atoms with van der Waals surface area (Å²) in [6, 6.07) is 18.5. The first-order valence-electron chi connectivity index (χ1n) is 9.20. The molecular formula is C22H22FN3O3. The molecule has 6 nitrogen and oxygen atoms in total. The van der Waals surface area contributed by atoms with Gasteiger partial charge in [0.15, 0.2) is 0 Å². The average molecular weight is 395 g/mol. The topological polar surface area (TPSA) is 74.7 Å². The van der Waals surface area contributed by atoms with E-state index >= 15 is 0 Å². The van der Waals surface area contributed by atoms with Gasteiger partial charge in [0.2, 0.25) is 5.88 Å². The molecule has 0 saturated heterocycles. The average Bonchev–Trinajstić information content (AvgIpc) is 2.73. The molecule has 1 heterocycles. The van der Waals surface area contributed by atoms with Crippen LogP contribution in [0, 0.1) is 5.82 Å². The van der Waals surface area contributed by atoms with Gasteiger partial charge in [-0.05, 0) is 23.8 Å². The first-order chi connectivity index (χ1) is 14.2. The van der Waals surface area contributed by atoms with Gasteiger partial charge in [0.05, 0.1) is 6.61 Å². The number of carbonyl (C=O) groups excluding carboxylic acids is 1. The maximum absolute atomic E-state index is 13.4. The Balaban J connectivity index is 1.65. The molecule has 2 N–H and O–H groups in total. The van der Waals surface area contributed by atoms with Crippen LogP contribution in [-0.4, -0.2) is 34.2 Å². The van der Waals surface area contributed by atoms with Crippen molar-refractivity contribution in [3.05, 3.63) is 89.9 Å². The number of aliphatic hydroxyl groups excluding tert-OH is 1. The predicted molar refractivity (Wildman–Crippen MR) is 107 cm³/mol. The lowest BCUT2D eigenvalue weighted by molar-refractivity contribution is 0.173. The van der Waals surface area contributed by atoms with Crippen LogP contribution < -0.4 is 10.1 Å². The number of hydrogen-bond donors (Lipinski definition) is 2. The lowest BCUT2D eigenvalue weighted by atomic mass is 10.2. The highest BCUT2D eigenvalue weighted by molar-refractivity contribution is 5.74. The Hall–Kier alpha value is -3.45. The lowest BCUT2D eigenvalue weighted by Crippen LogP contribution is -2.40. The van der Waals surface area contributed by atoms with Crippen LogP contribution in [0.5, 0.6) is 11.6 Å². The van der Waals surface area contributed by atoms with E-state index in [1.165, 1.54) is 17.0 Å². The number of urea groups is 1. The number of carbonyl (C=O) groups is 1. The van der Waals surface area contributed by atoms with E-state index in [-0.39, 0.29) is 31.6 Å². The molecule has 0 bridgehead atoms. The molecule has 0 fully saturated rings. The van der Waals surface area contributed by atoms with Crippen LogP contribution in [0.3, 0.4) is 0 Å². The van der Waals surface area contributed by atoms with Crippen LogP contribution >= 0.6 is 0 Å². The number of nitrogens with one attached hydrogen (secondary N) is 1. The number of amides is 2. The number of ether oxygens (including phenoxy) is 1. The number of rotatable bonds is 8. The highest BCUT2D eigenvalue weighted by atomic mass is 19.1. The molecule has 1 aromatic heterocycles. The molecule has 0 aliphatic carbocycles. The minimum absolute atomic E-state index is 0.138. The molecule has 3 aromatic rings. The summed E-state index contributed by atoms with van der Waals surface area (Å²) in [5, 5.41) is 12.1. The monoisotopic (exact) mass is 395 g/mol. The van der Waals surface area contributed by atoms with Crippen molar-refractivity contribution in [3.63, 3.8) is 0 Å². The first kappa shape index (κ1) is 20.3. The fourth-order valence-corrected chi connectivity index (χ4v) is 2.75. The van der Waals surface area contributed by atoms with Crippen LogP contribution in [0.4, 0.5) is 9.18 Å². The zero-order chi connectivity index (χ0) is 20.5. The first-order valence-corrected chi connectivity index (χ1v) is 9.20. The minimum Gasteiger partial charge on any atom is -0.439 e. The molecule has 3 rings (SSSR count). The highest BCUT2D eigenvalue weighted by Crippen LogP contribution is 2.23. The molecule has 0 saturated carbocycles. The smallest absolute Gasteiger partial charge is 0.318 e. The summed E-state index contributed by atoms with van der Waals surface area (Å²) in [5.74, 6) is 0.200. The van der Waals surface area contributed by atoms with Crippen LogP contribution in [0.15, 0.2) is 72.9 Å². The quantitative estimate of drug-likeness (QED) is 0.610. The van der Waals surface area contributed by atoms with Crippen LogP contribution in [-0.2, 0) is 13.1 Å². The third-order valence-corrected chi connectivity index (χ3v) is 4.16. The maximum Gasteiger partial charge on any atom is 0.318 e. The molecule has 0 aliphatic rings. The zero-order valence-corrected chi connectivity index (χ0v) is 15.8. The minimum atomic E-state index is -0.408. The Labute approximate surface area is 168 Å². The Kier molecular flexibility index (Phi) is 7.13. The standard InChI is InChI=1S/C22H22FN3O3/c23-19-9-4-10-20(14-19)29-21-18(8-5-11-24-21)15-25-22(28)26(12-13-27)16-17-6-2-1-3-7-17/h1-11,14,27H,12-13,15-16H2,(H,25,28). The number of nitrogens with zero attached hydrogens (tertiary/aromatic N) is 2. The molecule has 7 heteroatoms. The number of benzene rings is 2. The second kappa shape index (κ2) is 10.2. The highest BCUT2D eigenvalue weighted by Gasteiger charge is 2.15. The van der Waals surface area contributed by atoms with E-state index in [1.54, 1.807) is 30.5 Å². The van der Waals surface area contributed by atoms with E-state index in [2.05, 4.69) is 10.3 Å². The van der Waals surface area contributed by atoms with Gasteiger partial charge >= 0.3 is 6.03 Å². The van der Waals surface area contributed by atoms with E-state index in [1.807, 2.05) is 30.3 Å². The van der Waals surface area contributed by atoms with Crippen LogP contribution in [0.2, 0.25) is 0 Å². The van der Waals surface area contributed by atoms with Crippen molar-refractivity contribution < 1.29 is 19.0 Å². The molecule has 0 unspecified atom stereocenters. The van der Waals surface area contributed by atoms with Gasteiger partial charge < -0.3 is 20.1 Å². The third kappa shape index (κ3) is 6.02. The largest absolute Gasteiger partial charge is 0.439 e. The fourth-order valence-electron chi connectivity index (χ4n) is 2.75. The van der Waals surface area contributed by atoms with Crippen molar-refractivity contribution >= 4 is 6.03 Å². The van der Waals surface area contributed by atoms with Gasteiger partial charge in [-0.1, -0.05) is 42.5 Å². The van der Waals surface area contributed by atoms with E-state index in [0.29, 0.717) is 17.9 Å². The van der Waals surface area contributed by atoms with Crippen molar-refractivity contribution in [1.82, 2.24) is 15.2 Å². The summed E-state index contributed by atoms with van der Waals surface area (Å²) in [4.78, 5) is 18.3.